The predicted octanol–water partition coefficient (Wildman–Crippen LogP) is 4.85. The average Bonchev–Trinajstić information content (AvgIpc) is 2.82. The summed E-state index contributed by atoms with van der Waals surface area (Å²) < 4.78 is 0. The smallest absolute Gasteiger partial charge is 0.156 e. The van der Waals surface area contributed by atoms with Crippen LogP contribution in [0.15, 0.2) is 42.0 Å². The van der Waals surface area contributed by atoms with Gasteiger partial charge in [-0.2, -0.15) is 0 Å². The standard InChI is InChI=1S/C23H28O2/c1-14-11-17-19(23(4)8-5-16(25)13-20(14)23)6-9-22(3)18(7-10-24)15(2)12-21(17)22/h7,13,17-19,21H,1-2,5-6,8-9,11-12H2,3-4H3/t17-,18-,19+,21+,22-,23-/m1/s1. The summed E-state index contributed by atoms with van der Waals surface area (Å²) in [6.45, 7) is 13.4. The van der Waals surface area contributed by atoms with Gasteiger partial charge in [-0.1, -0.05) is 38.2 Å². The van der Waals surface area contributed by atoms with Crippen molar-refractivity contribution in [1.29, 1.82) is 0 Å². The van der Waals surface area contributed by atoms with Gasteiger partial charge in [0.25, 0.3) is 0 Å². The molecule has 0 unspecified atom stereocenters. The molecule has 0 amide bonds. The van der Waals surface area contributed by atoms with E-state index in [4.69, 9.17) is 0 Å². The number of ketones is 1. The monoisotopic (exact) mass is 336 g/mol. The van der Waals surface area contributed by atoms with Crippen molar-refractivity contribution in [3.63, 3.8) is 0 Å². The van der Waals surface area contributed by atoms with Crippen LogP contribution in [0.5, 0.6) is 0 Å². The number of hydrogen-bond donors (Lipinski definition) is 0. The molecule has 6 atom stereocenters. The lowest BCUT2D eigenvalue weighted by Gasteiger charge is -2.58. The highest BCUT2D eigenvalue weighted by atomic mass is 16.1. The minimum absolute atomic E-state index is 0.0924. The predicted molar refractivity (Wildman–Crippen MR) is 99.5 cm³/mol. The van der Waals surface area contributed by atoms with E-state index in [1.807, 2.05) is 12.0 Å². The van der Waals surface area contributed by atoms with E-state index in [1.54, 1.807) is 6.08 Å². The second kappa shape index (κ2) is 5.42. The highest BCUT2D eigenvalue weighted by molar-refractivity contribution is 5.92. The zero-order valence-electron chi connectivity index (χ0n) is 15.4. The van der Waals surface area contributed by atoms with Crippen molar-refractivity contribution < 1.29 is 9.59 Å². The van der Waals surface area contributed by atoms with Crippen LogP contribution in [0.3, 0.4) is 0 Å². The normalized spacial score (nSPS) is 45.8. The Labute approximate surface area is 150 Å². The summed E-state index contributed by atoms with van der Waals surface area (Å²) >= 11 is 0. The third-order valence-corrected chi connectivity index (χ3v) is 8.23. The minimum Gasteiger partial charge on any atom is -0.295 e. The molecule has 0 spiro atoms. The summed E-state index contributed by atoms with van der Waals surface area (Å²) in [5.41, 5.74) is 3.82. The molecule has 4 aliphatic rings. The number of hydrogen-bond acceptors (Lipinski definition) is 2. The molecule has 3 saturated carbocycles. The molecular formula is C23H28O2. The molecule has 0 aromatic heterocycles. The topological polar surface area (TPSA) is 34.1 Å². The van der Waals surface area contributed by atoms with Gasteiger partial charge in [-0.3, -0.25) is 4.79 Å². The van der Waals surface area contributed by atoms with Crippen molar-refractivity contribution >= 4 is 11.7 Å². The maximum Gasteiger partial charge on any atom is 0.156 e. The van der Waals surface area contributed by atoms with Gasteiger partial charge in [0, 0.05) is 18.4 Å². The average molecular weight is 336 g/mol. The van der Waals surface area contributed by atoms with Gasteiger partial charge in [-0.15, -0.1) is 0 Å². The second-order valence-corrected chi connectivity index (χ2v) is 9.30. The van der Waals surface area contributed by atoms with Gasteiger partial charge >= 0.3 is 0 Å². The van der Waals surface area contributed by atoms with E-state index < -0.39 is 0 Å². The molecule has 4 aliphatic carbocycles. The van der Waals surface area contributed by atoms with Crippen LogP contribution in [0.1, 0.15) is 52.4 Å². The van der Waals surface area contributed by atoms with Crippen LogP contribution >= 0.6 is 0 Å². The zero-order chi connectivity index (χ0) is 18.0. The maximum absolute atomic E-state index is 12.0. The Bertz CT molecular complexity index is 748. The number of carbonyl (C=O) groups excluding carboxylic acids is 2. The number of rotatable bonds is 1. The molecule has 0 aromatic carbocycles. The van der Waals surface area contributed by atoms with Crippen molar-refractivity contribution in [2.45, 2.75) is 52.4 Å². The van der Waals surface area contributed by atoms with Crippen LogP contribution in [0.4, 0.5) is 0 Å². The van der Waals surface area contributed by atoms with Crippen LogP contribution < -0.4 is 0 Å². The Balaban J connectivity index is 1.75. The number of fused-ring (bicyclic) bond motifs is 5. The molecule has 0 heterocycles. The van der Waals surface area contributed by atoms with E-state index in [0.29, 0.717) is 24.2 Å². The van der Waals surface area contributed by atoms with Gasteiger partial charge in [0.2, 0.25) is 0 Å². The Morgan fingerprint density at radius 1 is 1.20 bits per heavy atom. The lowest BCUT2D eigenvalue weighted by molar-refractivity contribution is -0.117. The van der Waals surface area contributed by atoms with Crippen LogP contribution in [0, 0.1) is 34.5 Å². The van der Waals surface area contributed by atoms with Gasteiger partial charge in [-0.05, 0) is 72.3 Å². The molecule has 2 heteroatoms. The first kappa shape index (κ1) is 16.8. The molecule has 25 heavy (non-hydrogen) atoms. The molecule has 2 nitrogen and oxygen atoms in total. The fourth-order valence-corrected chi connectivity index (χ4v) is 6.93. The molecule has 3 fully saturated rings. The summed E-state index contributed by atoms with van der Waals surface area (Å²) in [5, 5.41) is 0. The molecule has 0 radical (unpaired) electrons. The third-order valence-electron chi connectivity index (χ3n) is 8.23. The summed E-state index contributed by atoms with van der Waals surface area (Å²) in [4.78, 5) is 23.0. The van der Waals surface area contributed by atoms with Crippen LogP contribution in [0.2, 0.25) is 0 Å². The Kier molecular flexibility index (Phi) is 3.64. The highest BCUT2D eigenvalue weighted by Gasteiger charge is 2.60. The van der Waals surface area contributed by atoms with E-state index in [2.05, 4.69) is 27.0 Å². The van der Waals surface area contributed by atoms with Gasteiger partial charge in [-0.25, -0.2) is 4.79 Å². The Hall–Kier alpha value is -1.66. The SMILES string of the molecule is C=C1C[C@H]2[C@@H]3CC(=C)[C@@H](C=C=O)[C@@]3(C)CC[C@@H]2[C@@]2(C)CCC(=O)C=C12. The number of allylic oxidation sites excluding steroid dienone is 4. The molecule has 0 saturated heterocycles. The number of carbonyl (C=O) groups is 1. The maximum atomic E-state index is 12.0. The second-order valence-electron chi connectivity index (χ2n) is 9.30. The minimum atomic E-state index is 0.0924. The van der Waals surface area contributed by atoms with Crippen LogP contribution in [-0.4, -0.2) is 11.7 Å². The Morgan fingerprint density at radius 3 is 2.68 bits per heavy atom. The van der Waals surface area contributed by atoms with Crippen molar-refractivity contribution in [1.82, 2.24) is 0 Å². The van der Waals surface area contributed by atoms with Gasteiger partial charge in [0.1, 0.15) is 5.94 Å². The van der Waals surface area contributed by atoms with Crippen molar-refractivity contribution in [2.24, 2.45) is 34.5 Å². The van der Waals surface area contributed by atoms with Crippen molar-refractivity contribution in [3.8, 4) is 0 Å². The fourth-order valence-electron chi connectivity index (χ4n) is 6.93. The molecular weight excluding hydrogens is 308 g/mol. The van der Waals surface area contributed by atoms with Gasteiger partial charge in [0.05, 0.1) is 0 Å². The molecule has 0 aliphatic heterocycles. The van der Waals surface area contributed by atoms with E-state index in [-0.39, 0.29) is 22.5 Å². The van der Waals surface area contributed by atoms with Crippen LogP contribution in [0.25, 0.3) is 0 Å². The zero-order valence-corrected chi connectivity index (χ0v) is 15.4. The van der Waals surface area contributed by atoms with E-state index in [9.17, 15) is 9.59 Å². The van der Waals surface area contributed by atoms with E-state index in [1.165, 1.54) is 23.1 Å². The van der Waals surface area contributed by atoms with Crippen molar-refractivity contribution in [3.05, 3.63) is 42.0 Å². The summed E-state index contributed by atoms with van der Waals surface area (Å²) in [7, 11) is 0. The fraction of sp³-hybridized carbons (Fsp3) is 0.609. The quantitative estimate of drug-likeness (QED) is 0.506. The Morgan fingerprint density at radius 2 is 1.96 bits per heavy atom. The third kappa shape index (κ3) is 2.16. The molecule has 0 bridgehead atoms. The molecule has 0 N–H and O–H groups in total. The lowest BCUT2D eigenvalue weighted by atomic mass is 9.46. The van der Waals surface area contributed by atoms with Crippen molar-refractivity contribution in [2.75, 3.05) is 0 Å². The van der Waals surface area contributed by atoms with Crippen LogP contribution in [-0.2, 0) is 9.59 Å². The first-order valence-electron chi connectivity index (χ1n) is 9.63. The summed E-state index contributed by atoms with van der Waals surface area (Å²) in [6, 6.07) is 0. The van der Waals surface area contributed by atoms with E-state index in [0.717, 1.165) is 25.7 Å². The summed E-state index contributed by atoms with van der Waals surface area (Å²) in [5.74, 6) is 4.22. The molecule has 0 aromatic rings. The highest BCUT2D eigenvalue weighted by Crippen LogP contribution is 2.68. The largest absolute Gasteiger partial charge is 0.295 e. The first-order valence-corrected chi connectivity index (χ1v) is 9.63. The molecule has 4 rings (SSSR count). The first-order chi connectivity index (χ1) is 11.8. The van der Waals surface area contributed by atoms with E-state index >= 15 is 0 Å². The van der Waals surface area contributed by atoms with Gasteiger partial charge < -0.3 is 0 Å². The lowest BCUT2D eigenvalue weighted by Crippen LogP contribution is -2.50. The summed E-state index contributed by atoms with van der Waals surface area (Å²) in [6.07, 6.45) is 9.54. The molecule has 132 valence electrons. The van der Waals surface area contributed by atoms with Gasteiger partial charge in [0.15, 0.2) is 5.78 Å².